The molecule has 100 valence electrons. The summed E-state index contributed by atoms with van der Waals surface area (Å²) in [4.78, 5) is 2.32. The summed E-state index contributed by atoms with van der Waals surface area (Å²) >= 11 is 0. The van der Waals surface area contributed by atoms with Crippen molar-refractivity contribution in [3.63, 3.8) is 0 Å². The van der Waals surface area contributed by atoms with E-state index in [0.29, 0.717) is 0 Å². The Morgan fingerprint density at radius 1 is 1.37 bits per heavy atom. The lowest BCUT2D eigenvalue weighted by molar-refractivity contribution is 0.430. The summed E-state index contributed by atoms with van der Waals surface area (Å²) in [6.45, 7) is 4.13. The van der Waals surface area contributed by atoms with E-state index in [0.717, 1.165) is 25.3 Å². The Morgan fingerprint density at radius 3 is 3.05 bits per heavy atom. The van der Waals surface area contributed by atoms with Crippen LogP contribution in [-0.4, -0.2) is 13.6 Å². The molecule has 0 fully saturated rings. The van der Waals surface area contributed by atoms with Crippen LogP contribution < -0.4 is 10.2 Å². The van der Waals surface area contributed by atoms with Crippen LogP contribution in [0.1, 0.15) is 29.9 Å². The van der Waals surface area contributed by atoms with Gasteiger partial charge in [0.15, 0.2) is 0 Å². The quantitative estimate of drug-likeness (QED) is 0.911. The molecule has 0 aliphatic carbocycles. The first-order valence-electron chi connectivity index (χ1n) is 6.84. The zero-order valence-corrected chi connectivity index (χ0v) is 11.5. The minimum atomic E-state index is 0.242. The molecule has 1 aromatic carbocycles. The van der Waals surface area contributed by atoms with Crippen LogP contribution in [0.5, 0.6) is 0 Å². The predicted octanol–water partition coefficient (Wildman–Crippen LogP) is 3.12. The first-order chi connectivity index (χ1) is 9.24. The van der Waals surface area contributed by atoms with Crippen molar-refractivity contribution >= 4 is 5.69 Å². The average molecular weight is 256 g/mol. The third kappa shape index (κ3) is 2.51. The number of fused-ring (bicyclic) bond motifs is 1. The summed E-state index contributed by atoms with van der Waals surface area (Å²) < 4.78 is 5.40. The largest absolute Gasteiger partial charge is 0.468 e. The van der Waals surface area contributed by atoms with Gasteiger partial charge >= 0.3 is 0 Å². The average Bonchev–Trinajstić information content (AvgIpc) is 3.06. The molecule has 0 saturated carbocycles. The number of likely N-dealkylation sites (N-methyl/N-ethyl adjacent to an activating group) is 1. The fraction of sp³-hybridized carbons (Fsp3) is 0.375. The van der Waals surface area contributed by atoms with Crippen molar-refractivity contribution < 1.29 is 4.42 Å². The number of nitrogens with zero attached hydrogens (tertiary/aromatic N) is 1. The highest BCUT2D eigenvalue weighted by Gasteiger charge is 2.15. The van der Waals surface area contributed by atoms with Crippen molar-refractivity contribution in [1.82, 2.24) is 5.32 Å². The third-order valence-corrected chi connectivity index (χ3v) is 3.85. The van der Waals surface area contributed by atoms with Crippen LogP contribution in [0.4, 0.5) is 5.69 Å². The first-order valence-corrected chi connectivity index (χ1v) is 6.84. The summed E-state index contributed by atoms with van der Waals surface area (Å²) in [5, 5.41) is 3.50. The molecule has 2 aromatic rings. The van der Waals surface area contributed by atoms with E-state index in [2.05, 4.69) is 42.4 Å². The second-order valence-electron chi connectivity index (χ2n) is 5.25. The highest BCUT2D eigenvalue weighted by molar-refractivity contribution is 5.58. The van der Waals surface area contributed by atoms with Crippen LogP contribution >= 0.6 is 0 Å². The van der Waals surface area contributed by atoms with E-state index >= 15 is 0 Å². The smallest absolute Gasteiger partial charge is 0.120 e. The molecule has 2 heterocycles. The van der Waals surface area contributed by atoms with Gasteiger partial charge in [-0.2, -0.15) is 0 Å². The summed E-state index contributed by atoms with van der Waals surface area (Å²) in [6.07, 6.45) is 2.88. The topological polar surface area (TPSA) is 28.4 Å². The van der Waals surface area contributed by atoms with E-state index in [-0.39, 0.29) is 6.04 Å². The van der Waals surface area contributed by atoms with Gasteiger partial charge in [-0.1, -0.05) is 12.1 Å². The number of nitrogens with one attached hydrogen (secondary N) is 1. The molecule has 0 bridgehead atoms. The second kappa shape index (κ2) is 5.10. The first kappa shape index (κ1) is 12.3. The Labute approximate surface area is 114 Å². The van der Waals surface area contributed by atoms with Gasteiger partial charge in [-0.05, 0) is 42.7 Å². The monoisotopic (exact) mass is 256 g/mol. The predicted molar refractivity (Wildman–Crippen MR) is 77.4 cm³/mol. The maximum atomic E-state index is 5.40. The van der Waals surface area contributed by atoms with Gasteiger partial charge in [0.25, 0.3) is 0 Å². The molecule has 0 amide bonds. The van der Waals surface area contributed by atoms with Gasteiger partial charge in [0, 0.05) is 25.8 Å². The normalized spacial score (nSPS) is 15.6. The summed E-state index contributed by atoms with van der Waals surface area (Å²) in [6, 6.07) is 10.9. The molecule has 0 unspecified atom stereocenters. The van der Waals surface area contributed by atoms with E-state index in [1.165, 1.54) is 16.8 Å². The van der Waals surface area contributed by atoms with Crippen molar-refractivity contribution in [3.05, 3.63) is 53.5 Å². The van der Waals surface area contributed by atoms with Gasteiger partial charge in [-0.15, -0.1) is 0 Å². The molecule has 3 rings (SSSR count). The molecule has 1 aliphatic heterocycles. The standard InChI is InChI=1S/C16H20N2O/c1-12(16-4-3-9-19-16)17-11-13-5-6-15-14(10-13)7-8-18(15)2/h3-6,9-10,12,17H,7-8,11H2,1-2H3/t12-/m0/s1. The SMILES string of the molecule is C[C@H](NCc1ccc2c(c1)CCN2C)c1ccco1. The minimum Gasteiger partial charge on any atom is -0.468 e. The van der Waals surface area contributed by atoms with Crippen molar-refractivity contribution in [1.29, 1.82) is 0 Å². The van der Waals surface area contributed by atoms with Crippen molar-refractivity contribution in [3.8, 4) is 0 Å². The number of hydrogen-bond acceptors (Lipinski definition) is 3. The Kier molecular flexibility index (Phi) is 3.30. The Bertz CT molecular complexity index is 548. The van der Waals surface area contributed by atoms with Gasteiger partial charge in [0.05, 0.1) is 12.3 Å². The summed E-state index contributed by atoms with van der Waals surface area (Å²) in [5.74, 6) is 0.987. The van der Waals surface area contributed by atoms with Gasteiger partial charge in [-0.3, -0.25) is 0 Å². The molecule has 0 saturated heterocycles. The van der Waals surface area contributed by atoms with Gasteiger partial charge in [0.2, 0.25) is 0 Å². The molecule has 0 spiro atoms. The molecular weight excluding hydrogens is 236 g/mol. The fourth-order valence-electron chi connectivity index (χ4n) is 2.64. The van der Waals surface area contributed by atoms with Crippen LogP contribution in [0.25, 0.3) is 0 Å². The Morgan fingerprint density at radius 2 is 2.26 bits per heavy atom. The van der Waals surface area contributed by atoms with E-state index in [1.807, 2.05) is 12.1 Å². The van der Waals surface area contributed by atoms with E-state index < -0.39 is 0 Å². The summed E-state index contributed by atoms with van der Waals surface area (Å²) in [7, 11) is 2.16. The molecule has 3 nitrogen and oxygen atoms in total. The molecule has 1 N–H and O–H groups in total. The van der Waals surface area contributed by atoms with Crippen LogP contribution in [0.3, 0.4) is 0 Å². The molecule has 19 heavy (non-hydrogen) atoms. The van der Waals surface area contributed by atoms with Crippen LogP contribution in [0.15, 0.2) is 41.0 Å². The highest BCUT2D eigenvalue weighted by atomic mass is 16.3. The minimum absolute atomic E-state index is 0.242. The molecule has 1 aromatic heterocycles. The third-order valence-electron chi connectivity index (χ3n) is 3.85. The highest BCUT2D eigenvalue weighted by Crippen LogP contribution is 2.27. The molecular formula is C16H20N2O. The van der Waals surface area contributed by atoms with E-state index in [1.54, 1.807) is 6.26 Å². The second-order valence-corrected chi connectivity index (χ2v) is 5.25. The van der Waals surface area contributed by atoms with Crippen molar-refractivity contribution in [2.75, 3.05) is 18.5 Å². The van der Waals surface area contributed by atoms with E-state index in [4.69, 9.17) is 4.42 Å². The molecule has 1 atom stereocenters. The number of hydrogen-bond donors (Lipinski definition) is 1. The van der Waals surface area contributed by atoms with Crippen LogP contribution in [-0.2, 0) is 13.0 Å². The summed E-state index contributed by atoms with van der Waals surface area (Å²) in [5.41, 5.74) is 4.18. The molecule has 1 aliphatic rings. The van der Waals surface area contributed by atoms with Crippen molar-refractivity contribution in [2.24, 2.45) is 0 Å². The number of furan rings is 1. The van der Waals surface area contributed by atoms with Gasteiger partial charge < -0.3 is 14.6 Å². The zero-order valence-electron chi connectivity index (χ0n) is 11.5. The lowest BCUT2D eigenvalue weighted by atomic mass is 10.1. The van der Waals surface area contributed by atoms with Crippen LogP contribution in [0.2, 0.25) is 0 Å². The zero-order chi connectivity index (χ0) is 13.2. The maximum absolute atomic E-state index is 5.40. The maximum Gasteiger partial charge on any atom is 0.120 e. The van der Waals surface area contributed by atoms with Crippen molar-refractivity contribution in [2.45, 2.75) is 25.9 Å². The number of anilines is 1. The lowest BCUT2D eigenvalue weighted by Gasteiger charge is -2.14. The Hall–Kier alpha value is -1.74. The Balaban J connectivity index is 1.65. The fourth-order valence-corrected chi connectivity index (χ4v) is 2.64. The van der Waals surface area contributed by atoms with E-state index in [9.17, 15) is 0 Å². The number of benzene rings is 1. The van der Waals surface area contributed by atoms with Gasteiger partial charge in [-0.25, -0.2) is 0 Å². The van der Waals surface area contributed by atoms with Gasteiger partial charge in [0.1, 0.15) is 5.76 Å². The molecule has 3 heteroatoms. The number of rotatable bonds is 4. The lowest BCUT2D eigenvalue weighted by Crippen LogP contribution is -2.17. The molecule has 0 radical (unpaired) electrons. The van der Waals surface area contributed by atoms with Crippen LogP contribution in [0, 0.1) is 0 Å².